The third-order valence-corrected chi connectivity index (χ3v) is 5.78. The van der Waals surface area contributed by atoms with Gasteiger partial charge >= 0.3 is 0 Å². The zero-order chi connectivity index (χ0) is 15.9. The Morgan fingerprint density at radius 1 is 1.14 bits per heavy atom. The minimum Gasteiger partial charge on any atom is -0.366 e. The van der Waals surface area contributed by atoms with Crippen molar-refractivity contribution in [3.05, 3.63) is 59.7 Å². The molecule has 3 rings (SSSR count). The SMILES string of the molecule is CC1Cc2ccccc2N1S(=O)(=O)c1ccc(C(N)=O)cc1. The van der Waals surface area contributed by atoms with Gasteiger partial charge in [-0.3, -0.25) is 9.10 Å². The third kappa shape index (κ3) is 2.25. The van der Waals surface area contributed by atoms with Gasteiger partial charge in [0.25, 0.3) is 10.0 Å². The minimum atomic E-state index is -3.66. The average Bonchev–Trinajstić information content (AvgIpc) is 2.83. The summed E-state index contributed by atoms with van der Waals surface area (Å²) in [5, 5.41) is 0. The zero-order valence-electron chi connectivity index (χ0n) is 12.1. The van der Waals surface area contributed by atoms with Crippen molar-refractivity contribution in [2.24, 2.45) is 5.73 Å². The van der Waals surface area contributed by atoms with E-state index in [0.29, 0.717) is 12.1 Å². The summed E-state index contributed by atoms with van der Waals surface area (Å²) in [7, 11) is -3.66. The molecule has 0 aromatic heterocycles. The monoisotopic (exact) mass is 316 g/mol. The van der Waals surface area contributed by atoms with Gasteiger partial charge < -0.3 is 5.73 Å². The van der Waals surface area contributed by atoms with Gasteiger partial charge in [-0.05, 0) is 49.2 Å². The molecule has 1 atom stereocenters. The highest BCUT2D eigenvalue weighted by atomic mass is 32.2. The van der Waals surface area contributed by atoms with Crippen LogP contribution in [0.4, 0.5) is 5.69 Å². The van der Waals surface area contributed by atoms with E-state index in [1.165, 1.54) is 28.6 Å². The van der Waals surface area contributed by atoms with Crippen LogP contribution in [0.3, 0.4) is 0 Å². The third-order valence-electron chi connectivity index (χ3n) is 3.84. The molecule has 0 saturated heterocycles. The maximum Gasteiger partial charge on any atom is 0.264 e. The van der Waals surface area contributed by atoms with E-state index < -0.39 is 15.9 Å². The molecule has 0 spiro atoms. The van der Waals surface area contributed by atoms with Crippen molar-refractivity contribution in [3.63, 3.8) is 0 Å². The fourth-order valence-electron chi connectivity index (χ4n) is 2.81. The zero-order valence-corrected chi connectivity index (χ0v) is 12.9. The van der Waals surface area contributed by atoms with Crippen molar-refractivity contribution in [2.45, 2.75) is 24.3 Å². The molecule has 1 unspecified atom stereocenters. The first-order valence-corrected chi connectivity index (χ1v) is 8.37. The molecule has 5 nitrogen and oxygen atoms in total. The highest BCUT2D eigenvalue weighted by Gasteiger charge is 2.35. The normalized spacial score (nSPS) is 17.3. The second-order valence-electron chi connectivity index (χ2n) is 5.37. The molecule has 2 N–H and O–H groups in total. The number of benzene rings is 2. The van der Waals surface area contributed by atoms with Crippen molar-refractivity contribution < 1.29 is 13.2 Å². The summed E-state index contributed by atoms with van der Waals surface area (Å²) < 4.78 is 27.2. The van der Waals surface area contributed by atoms with Gasteiger partial charge in [0, 0.05) is 11.6 Å². The molecule has 0 fully saturated rings. The topological polar surface area (TPSA) is 80.5 Å². The van der Waals surface area contributed by atoms with Crippen LogP contribution >= 0.6 is 0 Å². The summed E-state index contributed by atoms with van der Waals surface area (Å²) in [5.41, 5.74) is 7.20. The van der Waals surface area contributed by atoms with Gasteiger partial charge in [-0.15, -0.1) is 0 Å². The van der Waals surface area contributed by atoms with Crippen LogP contribution < -0.4 is 10.0 Å². The van der Waals surface area contributed by atoms with Gasteiger partial charge in [-0.2, -0.15) is 0 Å². The van der Waals surface area contributed by atoms with E-state index in [-0.39, 0.29) is 16.5 Å². The first-order valence-electron chi connectivity index (χ1n) is 6.93. The van der Waals surface area contributed by atoms with E-state index in [9.17, 15) is 13.2 Å². The summed E-state index contributed by atoms with van der Waals surface area (Å²) in [6.45, 7) is 1.88. The first kappa shape index (κ1) is 14.6. The highest BCUT2D eigenvalue weighted by molar-refractivity contribution is 7.92. The summed E-state index contributed by atoms with van der Waals surface area (Å²) in [6, 6.07) is 13.1. The van der Waals surface area contributed by atoms with E-state index in [1.807, 2.05) is 31.2 Å². The fraction of sp³-hybridized carbons (Fsp3) is 0.188. The fourth-order valence-corrected chi connectivity index (χ4v) is 4.50. The Hall–Kier alpha value is -2.34. The van der Waals surface area contributed by atoms with Crippen molar-refractivity contribution >= 4 is 21.6 Å². The smallest absolute Gasteiger partial charge is 0.264 e. The van der Waals surface area contributed by atoms with E-state index >= 15 is 0 Å². The number of hydrogen-bond acceptors (Lipinski definition) is 3. The van der Waals surface area contributed by atoms with Crippen LogP contribution in [0.2, 0.25) is 0 Å². The van der Waals surface area contributed by atoms with Crippen LogP contribution in [0.5, 0.6) is 0 Å². The number of rotatable bonds is 3. The van der Waals surface area contributed by atoms with Crippen molar-refractivity contribution in [3.8, 4) is 0 Å². The first-order chi connectivity index (χ1) is 10.4. The van der Waals surface area contributed by atoms with Crippen LogP contribution in [-0.4, -0.2) is 20.4 Å². The molecule has 2 aromatic rings. The van der Waals surface area contributed by atoms with Crippen LogP contribution in [0.1, 0.15) is 22.8 Å². The van der Waals surface area contributed by atoms with Crippen molar-refractivity contribution in [1.29, 1.82) is 0 Å². The standard InChI is InChI=1S/C16H16N2O3S/c1-11-10-13-4-2-3-5-15(13)18(11)22(20,21)14-8-6-12(7-9-14)16(17)19/h2-9,11H,10H2,1H3,(H2,17,19). The summed E-state index contributed by atoms with van der Waals surface area (Å²) in [5.74, 6) is -0.580. The number of fused-ring (bicyclic) bond motifs is 1. The van der Waals surface area contributed by atoms with Gasteiger partial charge in [0.05, 0.1) is 10.6 Å². The lowest BCUT2D eigenvalue weighted by Crippen LogP contribution is -2.35. The molecule has 0 saturated carbocycles. The Morgan fingerprint density at radius 2 is 1.77 bits per heavy atom. The van der Waals surface area contributed by atoms with E-state index in [4.69, 9.17) is 5.73 Å². The van der Waals surface area contributed by atoms with Crippen molar-refractivity contribution in [2.75, 3.05) is 4.31 Å². The lowest BCUT2D eigenvalue weighted by atomic mass is 10.1. The van der Waals surface area contributed by atoms with E-state index in [0.717, 1.165) is 5.56 Å². The Labute approximate surface area is 129 Å². The highest BCUT2D eigenvalue weighted by Crippen LogP contribution is 2.36. The Kier molecular flexibility index (Phi) is 3.41. The molecular weight excluding hydrogens is 300 g/mol. The second kappa shape index (κ2) is 5.14. The molecule has 1 aliphatic heterocycles. The maximum absolute atomic E-state index is 12.9. The molecule has 1 heterocycles. The largest absolute Gasteiger partial charge is 0.366 e. The number of anilines is 1. The molecular formula is C16H16N2O3S. The number of hydrogen-bond donors (Lipinski definition) is 1. The summed E-state index contributed by atoms with van der Waals surface area (Å²) >= 11 is 0. The molecule has 2 aromatic carbocycles. The van der Waals surface area contributed by atoms with Gasteiger partial charge in [0.15, 0.2) is 0 Å². The maximum atomic E-state index is 12.9. The minimum absolute atomic E-state index is 0.141. The lowest BCUT2D eigenvalue weighted by Gasteiger charge is -2.24. The molecule has 0 aliphatic carbocycles. The van der Waals surface area contributed by atoms with Crippen LogP contribution in [0.15, 0.2) is 53.4 Å². The predicted molar refractivity (Wildman–Crippen MR) is 84.2 cm³/mol. The summed E-state index contributed by atoms with van der Waals surface area (Å²) in [4.78, 5) is 11.2. The number of carbonyl (C=O) groups excluding carboxylic acids is 1. The number of nitrogens with zero attached hydrogens (tertiary/aromatic N) is 1. The molecule has 1 amide bonds. The van der Waals surface area contributed by atoms with Gasteiger partial charge in [0.1, 0.15) is 0 Å². The predicted octanol–water partition coefficient (Wildman–Crippen LogP) is 1.93. The Balaban J connectivity index is 2.05. The van der Waals surface area contributed by atoms with Crippen LogP contribution in [0.25, 0.3) is 0 Å². The van der Waals surface area contributed by atoms with Crippen molar-refractivity contribution in [1.82, 2.24) is 0 Å². The number of sulfonamides is 1. The average molecular weight is 316 g/mol. The number of nitrogens with two attached hydrogens (primary N) is 1. The van der Waals surface area contributed by atoms with Gasteiger partial charge in [-0.25, -0.2) is 8.42 Å². The quantitative estimate of drug-likeness (QED) is 0.939. The molecule has 22 heavy (non-hydrogen) atoms. The lowest BCUT2D eigenvalue weighted by molar-refractivity contribution is 0.1000. The van der Waals surface area contributed by atoms with E-state index in [2.05, 4.69) is 0 Å². The van der Waals surface area contributed by atoms with Crippen LogP contribution in [0, 0.1) is 0 Å². The van der Waals surface area contributed by atoms with Crippen LogP contribution in [-0.2, 0) is 16.4 Å². The van der Waals surface area contributed by atoms with Gasteiger partial charge in [0.2, 0.25) is 5.91 Å². The molecule has 114 valence electrons. The Bertz CT molecular complexity index is 829. The Morgan fingerprint density at radius 3 is 2.41 bits per heavy atom. The number of amides is 1. The number of para-hydroxylation sites is 1. The number of primary amides is 1. The molecule has 0 bridgehead atoms. The number of carbonyl (C=O) groups is 1. The second-order valence-corrected chi connectivity index (χ2v) is 7.19. The molecule has 0 radical (unpaired) electrons. The summed E-state index contributed by atoms with van der Waals surface area (Å²) in [6.07, 6.45) is 0.689. The van der Waals surface area contributed by atoms with E-state index in [1.54, 1.807) is 0 Å². The molecule has 1 aliphatic rings. The molecule has 6 heteroatoms. The van der Waals surface area contributed by atoms with Gasteiger partial charge in [-0.1, -0.05) is 18.2 Å².